The Morgan fingerprint density at radius 3 is 2.59 bits per heavy atom. The number of benzene rings is 1. The van der Waals surface area contributed by atoms with Gasteiger partial charge in [-0.1, -0.05) is 43.2 Å². The molecule has 29 heavy (non-hydrogen) atoms. The molecular formula is C23H33N5O. The van der Waals surface area contributed by atoms with Gasteiger partial charge in [0.15, 0.2) is 5.96 Å². The maximum Gasteiger partial charge on any atom is 0.191 e. The van der Waals surface area contributed by atoms with Crippen LogP contribution in [0.2, 0.25) is 0 Å². The third kappa shape index (κ3) is 7.38. The van der Waals surface area contributed by atoms with Crippen molar-refractivity contribution in [2.75, 3.05) is 38.2 Å². The van der Waals surface area contributed by atoms with Crippen molar-refractivity contribution in [3.63, 3.8) is 0 Å². The summed E-state index contributed by atoms with van der Waals surface area (Å²) in [4.78, 5) is 11.3. The Kier molecular flexibility index (Phi) is 8.79. The predicted molar refractivity (Wildman–Crippen MR) is 119 cm³/mol. The maximum absolute atomic E-state index is 5.71. The van der Waals surface area contributed by atoms with Crippen LogP contribution in [-0.2, 0) is 17.9 Å². The van der Waals surface area contributed by atoms with Gasteiger partial charge in [-0.3, -0.25) is 4.99 Å². The number of guanidine groups is 1. The molecule has 3 rings (SSSR count). The minimum Gasteiger partial charge on any atom is -0.375 e. The Labute approximate surface area is 174 Å². The van der Waals surface area contributed by atoms with E-state index in [0.717, 1.165) is 24.9 Å². The van der Waals surface area contributed by atoms with Gasteiger partial charge in [0.1, 0.15) is 5.82 Å². The van der Waals surface area contributed by atoms with E-state index in [2.05, 4.69) is 49.8 Å². The molecule has 6 heteroatoms. The van der Waals surface area contributed by atoms with Crippen molar-refractivity contribution in [1.82, 2.24) is 15.6 Å². The first-order valence-electron chi connectivity index (χ1n) is 10.6. The van der Waals surface area contributed by atoms with Crippen molar-refractivity contribution in [3.8, 4) is 0 Å². The summed E-state index contributed by atoms with van der Waals surface area (Å²) in [6.45, 7) is 4.90. The molecule has 1 aliphatic heterocycles. The molecule has 0 aliphatic carbocycles. The van der Waals surface area contributed by atoms with E-state index in [0.29, 0.717) is 26.3 Å². The first-order chi connectivity index (χ1) is 14.3. The van der Waals surface area contributed by atoms with Crippen LogP contribution in [0.4, 0.5) is 5.82 Å². The fraction of sp³-hybridized carbons (Fsp3) is 0.478. The maximum atomic E-state index is 5.71. The van der Waals surface area contributed by atoms with Crippen molar-refractivity contribution in [3.05, 3.63) is 59.8 Å². The molecule has 1 saturated heterocycles. The smallest absolute Gasteiger partial charge is 0.191 e. The van der Waals surface area contributed by atoms with Crippen LogP contribution in [0.5, 0.6) is 0 Å². The molecule has 0 atom stereocenters. The van der Waals surface area contributed by atoms with Gasteiger partial charge in [0, 0.05) is 39.4 Å². The molecule has 0 amide bonds. The Morgan fingerprint density at radius 1 is 1.03 bits per heavy atom. The number of hydrogen-bond donors (Lipinski definition) is 2. The lowest BCUT2D eigenvalue weighted by Crippen LogP contribution is -2.38. The van der Waals surface area contributed by atoms with Crippen LogP contribution >= 0.6 is 0 Å². The topological polar surface area (TPSA) is 61.8 Å². The first-order valence-corrected chi connectivity index (χ1v) is 10.6. The normalized spacial score (nSPS) is 15.1. The van der Waals surface area contributed by atoms with Gasteiger partial charge in [-0.2, -0.15) is 0 Å². The van der Waals surface area contributed by atoms with Crippen LogP contribution < -0.4 is 15.5 Å². The third-order valence-electron chi connectivity index (χ3n) is 5.07. The van der Waals surface area contributed by atoms with Gasteiger partial charge in [-0.15, -0.1) is 0 Å². The second-order valence-electron chi connectivity index (χ2n) is 7.31. The highest BCUT2D eigenvalue weighted by Crippen LogP contribution is 2.18. The molecule has 2 aromatic rings. The number of hydrogen-bond acceptors (Lipinski definition) is 4. The molecular weight excluding hydrogens is 362 g/mol. The summed E-state index contributed by atoms with van der Waals surface area (Å²) in [6, 6.07) is 14.5. The molecule has 2 heterocycles. The lowest BCUT2D eigenvalue weighted by atomic mass is 10.2. The SMILES string of the molecule is CN=C(NCCOCc1ccccc1)NCc1ccnc(N2CCCCCC2)c1. The first kappa shape index (κ1) is 21.1. The average molecular weight is 396 g/mol. The minimum absolute atomic E-state index is 0.629. The van der Waals surface area contributed by atoms with Gasteiger partial charge < -0.3 is 20.3 Å². The summed E-state index contributed by atoms with van der Waals surface area (Å²) >= 11 is 0. The summed E-state index contributed by atoms with van der Waals surface area (Å²) in [6.07, 6.45) is 7.08. The van der Waals surface area contributed by atoms with E-state index < -0.39 is 0 Å². The van der Waals surface area contributed by atoms with Crippen molar-refractivity contribution in [2.24, 2.45) is 4.99 Å². The zero-order valence-corrected chi connectivity index (χ0v) is 17.4. The van der Waals surface area contributed by atoms with Crippen LogP contribution in [0.3, 0.4) is 0 Å². The Balaban J connectivity index is 1.39. The summed E-state index contributed by atoms with van der Waals surface area (Å²) in [5, 5.41) is 6.67. The third-order valence-corrected chi connectivity index (χ3v) is 5.07. The second kappa shape index (κ2) is 12.1. The Bertz CT molecular complexity index is 742. The fourth-order valence-electron chi connectivity index (χ4n) is 3.46. The van der Waals surface area contributed by atoms with Gasteiger partial charge in [-0.25, -0.2) is 4.98 Å². The van der Waals surface area contributed by atoms with Gasteiger partial charge in [-0.05, 0) is 36.1 Å². The highest BCUT2D eigenvalue weighted by atomic mass is 16.5. The van der Waals surface area contributed by atoms with Crippen LogP contribution in [0.1, 0.15) is 36.8 Å². The standard InChI is InChI=1S/C23H33N5O/c1-24-23(26-13-16-29-19-20-9-5-4-6-10-20)27-18-21-11-12-25-22(17-21)28-14-7-2-3-8-15-28/h4-6,9-12,17H,2-3,7-8,13-16,18-19H2,1H3,(H2,24,26,27). The number of nitrogens with zero attached hydrogens (tertiary/aromatic N) is 3. The highest BCUT2D eigenvalue weighted by molar-refractivity contribution is 5.79. The molecule has 0 radical (unpaired) electrons. The Hall–Kier alpha value is -2.60. The molecule has 6 nitrogen and oxygen atoms in total. The zero-order valence-electron chi connectivity index (χ0n) is 17.4. The van der Waals surface area contributed by atoms with Crippen molar-refractivity contribution >= 4 is 11.8 Å². The zero-order chi connectivity index (χ0) is 20.2. The molecule has 0 spiro atoms. The molecule has 1 aromatic carbocycles. The summed E-state index contributed by atoms with van der Waals surface area (Å²) in [7, 11) is 1.79. The summed E-state index contributed by atoms with van der Waals surface area (Å²) in [5.74, 6) is 1.87. The van der Waals surface area contributed by atoms with Crippen molar-refractivity contribution < 1.29 is 4.74 Å². The van der Waals surface area contributed by atoms with Crippen molar-refractivity contribution in [2.45, 2.75) is 38.8 Å². The molecule has 2 N–H and O–H groups in total. The van der Waals surface area contributed by atoms with E-state index in [9.17, 15) is 0 Å². The highest BCUT2D eigenvalue weighted by Gasteiger charge is 2.11. The van der Waals surface area contributed by atoms with E-state index in [1.165, 1.54) is 36.8 Å². The number of ether oxygens (including phenoxy) is 1. The average Bonchev–Trinajstić information content (AvgIpc) is 3.06. The number of rotatable bonds is 8. The van der Waals surface area contributed by atoms with E-state index in [4.69, 9.17) is 4.74 Å². The second-order valence-corrected chi connectivity index (χ2v) is 7.31. The Morgan fingerprint density at radius 2 is 1.83 bits per heavy atom. The molecule has 0 saturated carbocycles. The van der Waals surface area contributed by atoms with Gasteiger partial charge in [0.25, 0.3) is 0 Å². The van der Waals surface area contributed by atoms with E-state index >= 15 is 0 Å². The number of aliphatic imine (C=N–C) groups is 1. The fourth-order valence-corrected chi connectivity index (χ4v) is 3.46. The number of aromatic nitrogens is 1. The monoisotopic (exact) mass is 395 g/mol. The number of nitrogens with one attached hydrogen (secondary N) is 2. The summed E-state index contributed by atoms with van der Waals surface area (Å²) in [5.41, 5.74) is 2.40. The van der Waals surface area contributed by atoms with E-state index in [1.54, 1.807) is 7.05 Å². The number of anilines is 1. The lowest BCUT2D eigenvalue weighted by Gasteiger charge is -2.22. The number of pyridine rings is 1. The largest absolute Gasteiger partial charge is 0.375 e. The molecule has 1 fully saturated rings. The van der Waals surface area contributed by atoms with E-state index in [1.807, 2.05) is 24.4 Å². The van der Waals surface area contributed by atoms with Crippen LogP contribution in [0.15, 0.2) is 53.7 Å². The van der Waals surface area contributed by atoms with Crippen LogP contribution in [-0.4, -0.2) is 44.2 Å². The molecule has 0 unspecified atom stereocenters. The van der Waals surface area contributed by atoms with Gasteiger partial charge in [0.2, 0.25) is 0 Å². The lowest BCUT2D eigenvalue weighted by molar-refractivity contribution is 0.125. The quantitative estimate of drug-likeness (QED) is 0.408. The predicted octanol–water partition coefficient (Wildman–Crippen LogP) is 3.34. The molecule has 156 valence electrons. The van der Waals surface area contributed by atoms with Gasteiger partial charge in [0.05, 0.1) is 13.2 Å². The van der Waals surface area contributed by atoms with Crippen LogP contribution in [0.25, 0.3) is 0 Å². The molecule has 1 aliphatic rings. The van der Waals surface area contributed by atoms with Crippen LogP contribution in [0, 0.1) is 0 Å². The minimum atomic E-state index is 0.629. The molecule has 0 bridgehead atoms. The summed E-state index contributed by atoms with van der Waals surface area (Å²) < 4.78 is 5.71. The van der Waals surface area contributed by atoms with Crippen molar-refractivity contribution in [1.29, 1.82) is 0 Å². The van der Waals surface area contributed by atoms with E-state index in [-0.39, 0.29) is 0 Å². The van der Waals surface area contributed by atoms with Gasteiger partial charge >= 0.3 is 0 Å². The molecule has 1 aromatic heterocycles.